The van der Waals surface area contributed by atoms with Crippen molar-refractivity contribution in [2.75, 3.05) is 13.3 Å². The molecule has 0 aromatic heterocycles. The predicted octanol–water partition coefficient (Wildman–Crippen LogP) is 6.90. The fourth-order valence-electron chi connectivity index (χ4n) is 3.74. The average molecular weight is 438 g/mol. The summed E-state index contributed by atoms with van der Waals surface area (Å²) < 4.78 is 34.9. The molecule has 2 aromatic carbocycles. The zero-order chi connectivity index (χ0) is 21.8. The lowest BCUT2D eigenvalue weighted by Gasteiger charge is -2.26. The zero-order valence-electron chi connectivity index (χ0n) is 17.9. The van der Waals surface area contributed by atoms with Gasteiger partial charge in [-0.25, -0.2) is 4.57 Å². The second kappa shape index (κ2) is 9.17. The number of hydrogen-bond acceptors (Lipinski definition) is 5. The van der Waals surface area contributed by atoms with Crippen LogP contribution >= 0.6 is 7.60 Å². The van der Waals surface area contributed by atoms with Crippen LogP contribution in [0.5, 0.6) is 17.2 Å². The molecule has 5 nitrogen and oxygen atoms in total. The molecule has 0 fully saturated rings. The lowest BCUT2D eigenvalue weighted by molar-refractivity contribution is 0.284. The van der Waals surface area contributed by atoms with Crippen molar-refractivity contribution < 1.29 is 23.1 Å². The standard InChI is InChI=1S/C25H27O5P/c1-4-19-7-6-8-21-15-20-11-14-23(16-24(20)29-25(19)21)27-17-18-9-12-22(13-10-18)30-31(3,26)28-5-2/h4,9-16H,1,5-8,17H2,2-3H3. The molecule has 1 heterocycles. The minimum absolute atomic E-state index is 0.341. The zero-order valence-corrected chi connectivity index (χ0v) is 18.8. The maximum atomic E-state index is 12.1. The van der Waals surface area contributed by atoms with E-state index in [1.165, 1.54) is 12.2 Å². The van der Waals surface area contributed by atoms with Crippen LogP contribution in [0.15, 0.2) is 72.0 Å². The van der Waals surface area contributed by atoms with Crippen molar-refractivity contribution in [2.24, 2.45) is 0 Å². The molecule has 0 bridgehead atoms. The molecule has 0 spiro atoms. The summed E-state index contributed by atoms with van der Waals surface area (Å²) in [6, 6.07) is 13.2. The van der Waals surface area contributed by atoms with Gasteiger partial charge in [-0.05, 0) is 73.2 Å². The second-order valence-electron chi connectivity index (χ2n) is 7.60. The van der Waals surface area contributed by atoms with Gasteiger partial charge in [0.1, 0.15) is 29.6 Å². The summed E-state index contributed by atoms with van der Waals surface area (Å²) in [5, 5.41) is 0. The van der Waals surface area contributed by atoms with Crippen molar-refractivity contribution in [3.63, 3.8) is 0 Å². The Morgan fingerprint density at radius 3 is 2.65 bits per heavy atom. The molecule has 2 aromatic rings. The van der Waals surface area contributed by atoms with E-state index < -0.39 is 7.60 Å². The Kier molecular flexibility index (Phi) is 6.35. The number of rotatable bonds is 8. The maximum Gasteiger partial charge on any atom is 0.376 e. The molecule has 6 heteroatoms. The highest BCUT2D eigenvalue weighted by Crippen LogP contribution is 2.44. The van der Waals surface area contributed by atoms with E-state index in [9.17, 15) is 4.57 Å². The van der Waals surface area contributed by atoms with E-state index in [2.05, 4.69) is 12.7 Å². The van der Waals surface area contributed by atoms with E-state index in [1.54, 1.807) is 19.1 Å². The topological polar surface area (TPSA) is 54.0 Å². The third-order valence-corrected chi connectivity index (χ3v) is 6.48. The Bertz CT molecular complexity index is 1080. The minimum atomic E-state index is -3.08. The first kappa shape index (κ1) is 21.5. The van der Waals surface area contributed by atoms with Crippen LogP contribution in [0, 0.1) is 0 Å². The third-order valence-electron chi connectivity index (χ3n) is 5.21. The third kappa shape index (κ3) is 5.12. The van der Waals surface area contributed by atoms with E-state index in [0.717, 1.165) is 53.2 Å². The molecular weight excluding hydrogens is 411 g/mol. The Balaban J connectivity index is 1.42. The van der Waals surface area contributed by atoms with E-state index in [-0.39, 0.29) is 0 Å². The van der Waals surface area contributed by atoms with Gasteiger partial charge >= 0.3 is 7.60 Å². The molecule has 1 unspecified atom stereocenters. The highest BCUT2D eigenvalue weighted by molar-refractivity contribution is 7.53. The lowest BCUT2D eigenvalue weighted by atomic mass is 9.90. The number of fused-ring (bicyclic) bond motifs is 2. The van der Waals surface area contributed by atoms with Crippen molar-refractivity contribution in [2.45, 2.75) is 32.8 Å². The molecule has 0 saturated carbocycles. The number of ether oxygens (including phenoxy) is 2. The SMILES string of the molecule is C=CC1=C2Oc3cc(OCc4ccc(OP(C)(=O)OCC)cc4)ccc3C=C2CCC1. The molecule has 1 atom stereocenters. The summed E-state index contributed by atoms with van der Waals surface area (Å²) in [4.78, 5) is 0. The highest BCUT2D eigenvalue weighted by atomic mass is 31.2. The summed E-state index contributed by atoms with van der Waals surface area (Å²) in [7, 11) is -3.08. The smallest absolute Gasteiger partial charge is 0.376 e. The normalized spacial score (nSPS) is 16.9. The molecule has 2 aliphatic rings. The van der Waals surface area contributed by atoms with Crippen LogP contribution in [0.3, 0.4) is 0 Å². The molecule has 0 saturated heterocycles. The van der Waals surface area contributed by atoms with Gasteiger partial charge in [-0.1, -0.05) is 24.8 Å². The molecule has 1 aliphatic carbocycles. The fourth-order valence-corrected chi connectivity index (χ4v) is 4.77. The summed E-state index contributed by atoms with van der Waals surface area (Å²) in [6.45, 7) is 7.91. The predicted molar refractivity (Wildman–Crippen MR) is 123 cm³/mol. The number of allylic oxidation sites excluding steroid dienone is 3. The highest BCUT2D eigenvalue weighted by Gasteiger charge is 2.23. The van der Waals surface area contributed by atoms with Crippen molar-refractivity contribution >= 4 is 13.7 Å². The van der Waals surface area contributed by atoms with Crippen LogP contribution in [0.2, 0.25) is 0 Å². The average Bonchev–Trinajstić information content (AvgIpc) is 2.76. The van der Waals surface area contributed by atoms with Crippen LogP contribution in [0.25, 0.3) is 6.08 Å². The molecule has 0 radical (unpaired) electrons. The van der Waals surface area contributed by atoms with Crippen LogP contribution in [0.4, 0.5) is 0 Å². The van der Waals surface area contributed by atoms with Gasteiger partial charge in [0.15, 0.2) is 0 Å². The van der Waals surface area contributed by atoms with Crippen molar-refractivity contribution in [3.8, 4) is 17.2 Å². The Labute approximate surface area is 183 Å². The van der Waals surface area contributed by atoms with E-state index >= 15 is 0 Å². The summed E-state index contributed by atoms with van der Waals surface area (Å²) in [5.41, 5.74) is 4.44. The largest absolute Gasteiger partial charge is 0.489 e. The fraction of sp³-hybridized carbons (Fsp3) is 0.280. The van der Waals surface area contributed by atoms with Crippen LogP contribution < -0.4 is 14.0 Å². The van der Waals surface area contributed by atoms with E-state index in [0.29, 0.717) is 19.0 Å². The van der Waals surface area contributed by atoms with Crippen molar-refractivity contribution in [1.29, 1.82) is 0 Å². The summed E-state index contributed by atoms with van der Waals surface area (Å²) in [5.74, 6) is 2.99. The quantitative estimate of drug-likeness (QED) is 0.420. The molecule has 4 rings (SSSR count). The second-order valence-corrected chi connectivity index (χ2v) is 9.58. The Morgan fingerprint density at radius 1 is 1.13 bits per heavy atom. The molecule has 0 amide bonds. The van der Waals surface area contributed by atoms with Crippen molar-refractivity contribution in [1.82, 2.24) is 0 Å². The van der Waals surface area contributed by atoms with E-state index in [4.69, 9.17) is 18.5 Å². The summed E-state index contributed by atoms with van der Waals surface area (Å²) in [6.07, 6.45) is 7.25. The van der Waals surface area contributed by atoms with Gasteiger partial charge in [0, 0.05) is 18.3 Å². The van der Waals surface area contributed by atoms with Crippen LogP contribution in [-0.4, -0.2) is 13.3 Å². The monoisotopic (exact) mass is 438 g/mol. The van der Waals surface area contributed by atoms with Gasteiger partial charge in [-0.15, -0.1) is 0 Å². The lowest BCUT2D eigenvalue weighted by Crippen LogP contribution is -2.12. The minimum Gasteiger partial charge on any atom is -0.489 e. The molecule has 1 aliphatic heterocycles. The molecule has 0 N–H and O–H groups in total. The first-order chi connectivity index (χ1) is 15.0. The van der Waals surface area contributed by atoms with E-state index in [1.807, 2.05) is 36.4 Å². The van der Waals surface area contributed by atoms with Gasteiger partial charge in [-0.2, -0.15) is 0 Å². The molecular formula is C25H27O5P. The van der Waals surface area contributed by atoms with Crippen LogP contribution in [-0.2, 0) is 15.7 Å². The summed E-state index contributed by atoms with van der Waals surface area (Å²) >= 11 is 0. The number of hydrogen-bond donors (Lipinski definition) is 0. The van der Waals surface area contributed by atoms with Gasteiger partial charge < -0.3 is 18.5 Å². The maximum absolute atomic E-state index is 12.1. The van der Waals surface area contributed by atoms with Gasteiger partial charge in [0.25, 0.3) is 0 Å². The van der Waals surface area contributed by atoms with Gasteiger partial charge in [0.05, 0.1) is 6.61 Å². The van der Waals surface area contributed by atoms with Gasteiger partial charge in [-0.3, -0.25) is 0 Å². The molecule has 31 heavy (non-hydrogen) atoms. The molecule has 162 valence electrons. The van der Waals surface area contributed by atoms with Gasteiger partial charge in [0.2, 0.25) is 0 Å². The first-order valence-corrected chi connectivity index (χ1v) is 12.5. The Hall–Kier alpha value is -2.75. The number of benzene rings is 2. The Morgan fingerprint density at radius 2 is 1.90 bits per heavy atom. The van der Waals surface area contributed by atoms with Crippen molar-refractivity contribution in [3.05, 3.63) is 83.2 Å². The first-order valence-electron chi connectivity index (χ1n) is 10.5. The van der Waals surface area contributed by atoms with Crippen LogP contribution in [0.1, 0.15) is 37.3 Å².